The van der Waals surface area contributed by atoms with Crippen molar-refractivity contribution in [3.8, 4) is 0 Å². The molecule has 0 saturated carbocycles. The van der Waals surface area contributed by atoms with E-state index in [1.807, 2.05) is 36.4 Å². The van der Waals surface area contributed by atoms with Crippen LogP contribution >= 0.6 is 0 Å². The number of hydrogen-bond acceptors (Lipinski definition) is 4. The van der Waals surface area contributed by atoms with Gasteiger partial charge in [0.05, 0.1) is 5.60 Å². The average molecular weight is 255 g/mol. The first kappa shape index (κ1) is 12.1. The van der Waals surface area contributed by atoms with Crippen LogP contribution in [0.2, 0.25) is 0 Å². The molecule has 2 atom stereocenters. The quantitative estimate of drug-likeness (QED) is 0.759. The molecule has 1 aliphatic rings. The van der Waals surface area contributed by atoms with Crippen LogP contribution in [0.3, 0.4) is 0 Å². The number of aromatic nitrogens is 1. The number of pyridine rings is 1. The Labute approximate surface area is 112 Å². The lowest BCUT2D eigenvalue weighted by Crippen LogP contribution is -2.27. The molecule has 3 rings (SSSR count). The zero-order valence-electron chi connectivity index (χ0n) is 10.6. The first-order valence-electron chi connectivity index (χ1n) is 6.37. The van der Waals surface area contributed by atoms with E-state index in [1.54, 1.807) is 6.20 Å². The third kappa shape index (κ3) is 1.99. The summed E-state index contributed by atoms with van der Waals surface area (Å²) in [6.07, 6.45) is 2.61. The molecule has 4 nitrogen and oxygen atoms in total. The van der Waals surface area contributed by atoms with Gasteiger partial charge in [0.1, 0.15) is 5.82 Å². The lowest BCUT2D eigenvalue weighted by atomic mass is 9.89. The maximum atomic E-state index is 10.9. The Kier molecular flexibility index (Phi) is 2.77. The number of fused-ring (bicyclic) bond motifs is 1. The Morgan fingerprint density at radius 1 is 1.26 bits per heavy atom. The van der Waals surface area contributed by atoms with Gasteiger partial charge >= 0.3 is 0 Å². The third-order valence-corrected chi connectivity index (χ3v) is 3.83. The minimum absolute atomic E-state index is 0.126. The van der Waals surface area contributed by atoms with Crippen molar-refractivity contribution in [3.05, 3.63) is 59.3 Å². The molecule has 0 aliphatic heterocycles. The molecule has 5 N–H and O–H groups in total. The van der Waals surface area contributed by atoms with Crippen LogP contribution in [-0.4, -0.2) is 10.1 Å². The molecule has 98 valence electrons. The highest BCUT2D eigenvalue weighted by molar-refractivity contribution is 5.45. The molecule has 1 aliphatic carbocycles. The molecule has 0 saturated heterocycles. The Hall–Kier alpha value is -1.91. The van der Waals surface area contributed by atoms with Gasteiger partial charge < -0.3 is 16.6 Å². The summed E-state index contributed by atoms with van der Waals surface area (Å²) in [5.74, 6) is 0.467. The fourth-order valence-electron chi connectivity index (χ4n) is 2.91. The second-order valence-electron chi connectivity index (χ2n) is 5.15. The van der Waals surface area contributed by atoms with Crippen molar-refractivity contribution in [2.24, 2.45) is 5.73 Å². The third-order valence-electron chi connectivity index (χ3n) is 3.83. The second kappa shape index (κ2) is 4.33. The van der Waals surface area contributed by atoms with Crippen molar-refractivity contribution < 1.29 is 5.11 Å². The van der Waals surface area contributed by atoms with Crippen LogP contribution in [0.15, 0.2) is 42.6 Å². The lowest BCUT2D eigenvalue weighted by Gasteiger charge is -2.24. The number of aliphatic hydroxyl groups is 1. The van der Waals surface area contributed by atoms with Crippen molar-refractivity contribution in [1.82, 2.24) is 4.98 Å². The lowest BCUT2D eigenvalue weighted by molar-refractivity contribution is 0.0343. The minimum atomic E-state index is -0.951. The van der Waals surface area contributed by atoms with E-state index < -0.39 is 5.60 Å². The van der Waals surface area contributed by atoms with Gasteiger partial charge in [0.15, 0.2) is 0 Å². The predicted octanol–water partition coefficient (Wildman–Crippen LogP) is 1.50. The maximum absolute atomic E-state index is 10.9. The van der Waals surface area contributed by atoms with E-state index in [9.17, 15) is 5.11 Å². The van der Waals surface area contributed by atoms with Gasteiger partial charge in [-0.25, -0.2) is 4.98 Å². The van der Waals surface area contributed by atoms with Crippen molar-refractivity contribution >= 4 is 5.82 Å². The molecule has 0 spiro atoms. The number of rotatable bonds is 2. The van der Waals surface area contributed by atoms with E-state index in [2.05, 4.69) is 4.98 Å². The number of nitrogens with two attached hydrogens (primary N) is 2. The molecule has 4 heteroatoms. The summed E-state index contributed by atoms with van der Waals surface area (Å²) in [6, 6.07) is 11.4. The topological polar surface area (TPSA) is 85.2 Å². The monoisotopic (exact) mass is 255 g/mol. The van der Waals surface area contributed by atoms with Crippen LogP contribution in [0.25, 0.3) is 0 Å². The summed E-state index contributed by atoms with van der Waals surface area (Å²) in [4.78, 5) is 4.06. The van der Waals surface area contributed by atoms with Crippen LogP contribution in [-0.2, 0) is 12.0 Å². The van der Waals surface area contributed by atoms with Gasteiger partial charge in [-0.05, 0) is 29.2 Å². The summed E-state index contributed by atoms with van der Waals surface area (Å²) >= 11 is 0. The molecule has 0 amide bonds. The van der Waals surface area contributed by atoms with Crippen molar-refractivity contribution in [1.29, 1.82) is 0 Å². The average Bonchev–Trinajstić information content (AvgIpc) is 2.65. The molecule has 19 heavy (non-hydrogen) atoms. The SMILES string of the molecule is Nc1ncccc1CC1(O)CC(N)c2ccccc21. The summed E-state index contributed by atoms with van der Waals surface area (Å²) < 4.78 is 0. The summed E-state index contributed by atoms with van der Waals surface area (Å²) in [7, 11) is 0. The fraction of sp³-hybridized carbons (Fsp3) is 0.267. The highest BCUT2D eigenvalue weighted by atomic mass is 16.3. The van der Waals surface area contributed by atoms with Crippen molar-refractivity contribution in [3.63, 3.8) is 0 Å². The van der Waals surface area contributed by atoms with Crippen LogP contribution in [0.4, 0.5) is 5.82 Å². The molecule has 0 radical (unpaired) electrons. The number of anilines is 1. The van der Waals surface area contributed by atoms with Gasteiger partial charge in [0, 0.05) is 18.7 Å². The fourth-order valence-corrected chi connectivity index (χ4v) is 2.91. The number of nitrogen functional groups attached to an aromatic ring is 1. The largest absolute Gasteiger partial charge is 0.385 e. The number of benzene rings is 1. The van der Waals surface area contributed by atoms with Crippen LogP contribution in [0.1, 0.15) is 29.2 Å². The first-order valence-corrected chi connectivity index (χ1v) is 6.37. The standard InChI is InChI=1S/C15H17N3O/c16-13-9-15(19,12-6-2-1-5-11(12)13)8-10-4-3-7-18-14(10)17/h1-7,13,19H,8-9,16H2,(H2,17,18). The van der Waals surface area contributed by atoms with E-state index in [-0.39, 0.29) is 6.04 Å². The minimum Gasteiger partial charge on any atom is -0.385 e. The molecule has 2 aromatic rings. The van der Waals surface area contributed by atoms with E-state index in [4.69, 9.17) is 11.5 Å². The first-order chi connectivity index (χ1) is 9.10. The zero-order chi connectivity index (χ0) is 13.5. The Balaban J connectivity index is 2.00. The Bertz CT molecular complexity index is 614. The van der Waals surface area contributed by atoms with Gasteiger partial charge in [-0.1, -0.05) is 30.3 Å². The smallest absolute Gasteiger partial charge is 0.126 e. The molecule has 2 unspecified atom stereocenters. The van der Waals surface area contributed by atoms with Crippen LogP contribution < -0.4 is 11.5 Å². The van der Waals surface area contributed by atoms with Crippen molar-refractivity contribution in [2.75, 3.05) is 5.73 Å². The normalized spacial score (nSPS) is 25.3. The van der Waals surface area contributed by atoms with Crippen molar-refractivity contribution in [2.45, 2.75) is 24.5 Å². The summed E-state index contributed by atoms with van der Waals surface area (Å²) in [5, 5.41) is 10.9. The zero-order valence-corrected chi connectivity index (χ0v) is 10.6. The van der Waals surface area contributed by atoms with E-state index in [0.717, 1.165) is 16.7 Å². The molecule has 1 aromatic heterocycles. The Morgan fingerprint density at radius 2 is 2.05 bits per heavy atom. The molecule has 0 fully saturated rings. The summed E-state index contributed by atoms with van der Waals surface area (Å²) in [6.45, 7) is 0. The predicted molar refractivity (Wildman–Crippen MR) is 74.2 cm³/mol. The van der Waals surface area contributed by atoms with Crippen LogP contribution in [0, 0.1) is 0 Å². The second-order valence-corrected chi connectivity index (χ2v) is 5.15. The van der Waals surface area contributed by atoms with E-state index >= 15 is 0 Å². The highest BCUT2D eigenvalue weighted by Crippen LogP contribution is 2.44. The van der Waals surface area contributed by atoms with Gasteiger partial charge in [-0.2, -0.15) is 0 Å². The molecule has 1 heterocycles. The van der Waals surface area contributed by atoms with Gasteiger partial charge in [0.25, 0.3) is 0 Å². The number of hydrogen-bond donors (Lipinski definition) is 3. The molecular weight excluding hydrogens is 238 g/mol. The van der Waals surface area contributed by atoms with E-state index in [1.165, 1.54) is 0 Å². The van der Waals surface area contributed by atoms with Gasteiger partial charge in [-0.15, -0.1) is 0 Å². The number of nitrogens with zero attached hydrogens (tertiary/aromatic N) is 1. The van der Waals surface area contributed by atoms with Crippen LogP contribution in [0.5, 0.6) is 0 Å². The highest BCUT2D eigenvalue weighted by Gasteiger charge is 2.41. The maximum Gasteiger partial charge on any atom is 0.126 e. The summed E-state index contributed by atoms with van der Waals surface area (Å²) in [5.41, 5.74) is 13.8. The molecule has 1 aromatic carbocycles. The van der Waals surface area contributed by atoms with Gasteiger partial charge in [-0.3, -0.25) is 0 Å². The van der Waals surface area contributed by atoms with E-state index in [0.29, 0.717) is 18.7 Å². The molecule has 0 bridgehead atoms. The van der Waals surface area contributed by atoms with Gasteiger partial charge in [0.2, 0.25) is 0 Å². The Morgan fingerprint density at radius 3 is 2.84 bits per heavy atom. The molecular formula is C15H17N3O.